The number of nitro groups is 1. The molecule has 1 aliphatic rings. The first-order chi connectivity index (χ1) is 10.5. The van der Waals surface area contributed by atoms with Crippen LogP contribution in [-0.2, 0) is 0 Å². The molecule has 0 spiro atoms. The molecule has 2 N–H and O–H groups in total. The Kier molecular flexibility index (Phi) is 5.93. The van der Waals surface area contributed by atoms with Crippen LogP contribution in [0.25, 0.3) is 0 Å². The molecule has 1 aliphatic heterocycles. The van der Waals surface area contributed by atoms with E-state index in [4.69, 9.17) is 23.8 Å². The van der Waals surface area contributed by atoms with E-state index in [-0.39, 0.29) is 5.69 Å². The van der Waals surface area contributed by atoms with Gasteiger partial charge in [0, 0.05) is 31.3 Å². The number of nitrogens with one attached hydrogen (secondary N) is 2. The molecule has 0 atom stereocenters. The molecule has 22 heavy (non-hydrogen) atoms. The van der Waals surface area contributed by atoms with Crippen molar-refractivity contribution in [3.05, 3.63) is 33.3 Å². The Balaban J connectivity index is 1.92. The maximum Gasteiger partial charge on any atom is 0.271 e. The molecule has 1 aromatic carbocycles. The van der Waals surface area contributed by atoms with Crippen molar-refractivity contribution in [2.75, 3.05) is 25.0 Å². The molecule has 120 valence electrons. The summed E-state index contributed by atoms with van der Waals surface area (Å²) in [4.78, 5) is 12.7. The molecule has 0 radical (unpaired) electrons. The van der Waals surface area contributed by atoms with Gasteiger partial charge in [-0.1, -0.05) is 18.5 Å². The molecule has 0 aromatic heterocycles. The highest BCUT2D eigenvalue weighted by molar-refractivity contribution is 7.80. The van der Waals surface area contributed by atoms with Crippen molar-refractivity contribution >= 4 is 40.3 Å². The zero-order valence-electron chi connectivity index (χ0n) is 12.3. The number of hydrogen-bond acceptors (Lipinski definition) is 4. The minimum atomic E-state index is -0.460. The average molecular weight is 343 g/mol. The van der Waals surface area contributed by atoms with Gasteiger partial charge in [0.1, 0.15) is 0 Å². The number of likely N-dealkylation sites (tertiary alicyclic amines) is 1. The second kappa shape index (κ2) is 7.71. The van der Waals surface area contributed by atoms with E-state index in [1.165, 1.54) is 18.2 Å². The minimum Gasteiger partial charge on any atom is -0.360 e. The number of nitro benzene ring substituents is 1. The first kappa shape index (κ1) is 16.9. The summed E-state index contributed by atoms with van der Waals surface area (Å²) in [6, 6.07) is 4.56. The van der Waals surface area contributed by atoms with Gasteiger partial charge in [-0.05, 0) is 37.7 Å². The predicted molar refractivity (Wildman–Crippen MR) is 92.6 cm³/mol. The van der Waals surface area contributed by atoms with E-state index >= 15 is 0 Å². The molecule has 0 bridgehead atoms. The topological polar surface area (TPSA) is 70.4 Å². The number of halogens is 1. The van der Waals surface area contributed by atoms with Crippen LogP contribution in [0.15, 0.2) is 18.2 Å². The molecule has 1 heterocycles. The molecule has 6 nitrogen and oxygen atoms in total. The molecule has 0 unspecified atom stereocenters. The Bertz CT molecular complexity index is 562. The van der Waals surface area contributed by atoms with Crippen LogP contribution in [0.1, 0.15) is 19.8 Å². The van der Waals surface area contributed by atoms with Crippen molar-refractivity contribution in [1.29, 1.82) is 0 Å². The highest BCUT2D eigenvalue weighted by Crippen LogP contribution is 2.26. The molecule has 1 fully saturated rings. The highest BCUT2D eigenvalue weighted by Gasteiger charge is 2.19. The van der Waals surface area contributed by atoms with Crippen LogP contribution < -0.4 is 10.6 Å². The minimum absolute atomic E-state index is 0.0223. The van der Waals surface area contributed by atoms with Crippen LogP contribution in [0.3, 0.4) is 0 Å². The zero-order valence-corrected chi connectivity index (χ0v) is 13.9. The zero-order chi connectivity index (χ0) is 16.1. The van der Waals surface area contributed by atoms with E-state index in [0.29, 0.717) is 21.9 Å². The van der Waals surface area contributed by atoms with Gasteiger partial charge in [-0.3, -0.25) is 10.1 Å². The summed E-state index contributed by atoms with van der Waals surface area (Å²) < 4.78 is 0. The molecule has 1 saturated heterocycles. The number of rotatable bonds is 4. The van der Waals surface area contributed by atoms with Crippen molar-refractivity contribution in [3.63, 3.8) is 0 Å². The van der Waals surface area contributed by atoms with Gasteiger partial charge in [-0.25, -0.2) is 0 Å². The van der Waals surface area contributed by atoms with E-state index < -0.39 is 4.92 Å². The van der Waals surface area contributed by atoms with Gasteiger partial charge in [0.25, 0.3) is 5.69 Å². The summed E-state index contributed by atoms with van der Waals surface area (Å²) in [5, 5.41) is 17.8. The standard InChI is InChI=1S/C14H19ClN4O2S/c1-2-18-7-5-10(6-8-18)16-14(22)17-13-9-11(19(20)21)3-4-12(13)15/h3-4,9-10H,2,5-8H2,1H3,(H2,16,17,22). The third-order valence-corrected chi connectivity index (χ3v) is 4.33. The lowest BCUT2D eigenvalue weighted by atomic mass is 10.1. The maximum atomic E-state index is 10.8. The van der Waals surface area contributed by atoms with E-state index in [9.17, 15) is 10.1 Å². The van der Waals surface area contributed by atoms with Gasteiger partial charge in [0.2, 0.25) is 0 Å². The van der Waals surface area contributed by atoms with Crippen molar-refractivity contribution in [3.8, 4) is 0 Å². The molecule has 0 amide bonds. The van der Waals surface area contributed by atoms with Gasteiger partial charge in [0.15, 0.2) is 5.11 Å². The lowest BCUT2D eigenvalue weighted by Crippen LogP contribution is -2.45. The van der Waals surface area contributed by atoms with Crippen LogP contribution in [0.2, 0.25) is 5.02 Å². The van der Waals surface area contributed by atoms with E-state index in [1.54, 1.807) is 0 Å². The predicted octanol–water partition coefficient (Wildman–Crippen LogP) is 3.02. The van der Waals surface area contributed by atoms with Crippen LogP contribution in [0, 0.1) is 10.1 Å². The summed E-state index contributed by atoms with van der Waals surface area (Å²) in [5.74, 6) is 0. The smallest absolute Gasteiger partial charge is 0.271 e. The lowest BCUT2D eigenvalue weighted by Gasteiger charge is -2.32. The Labute approximate surface area is 140 Å². The third-order valence-electron chi connectivity index (χ3n) is 3.78. The number of thiocarbonyl (C=S) groups is 1. The normalized spacial score (nSPS) is 16.3. The van der Waals surface area contributed by atoms with E-state index in [0.717, 1.165) is 32.5 Å². The summed E-state index contributed by atoms with van der Waals surface area (Å²) in [5.41, 5.74) is 0.422. The summed E-state index contributed by atoms with van der Waals surface area (Å²) >= 11 is 11.3. The molecular formula is C14H19ClN4O2S. The van der Waals surface area contributed by atoms with Crippen LogP contribution in [0.5, 0.6) is 0 Å². The summed E-state index contributed by atoms with van der Waals surface area (Å²) in [7, 11) is 0. The first-order valence-electron chi connectivity index (χ1n) is 7.23. The Hall–Kier alpha value is -1.44. The summed E-state index contributed by atoms with van der Waals surface area (Å²) in [6.07, 6.45) is 2.05. The largest absolute Gasteiger partial charge is 0.360 e. The number of anilines is 1. The van der Waals surface area contributed by atoms with Crippen LogP contribution >= 0.6 is 23.8 Å². The number of piperidine rings is 1. The molecule has 0 saturated carbocycles. The quantitative estimate of drug-likeness (QED) is 0.498. The fourth-order valence-corrected chi connectivity index (χ4v) is 2.90. The third kappa shape index (κ3) is 4.53. The SMILES string of the molecule is CCN1CCC(NC(=S)Nc2cc([N+](=O)[O-])ccc2Cl)CC1. The van der Waals surface area contributed by atoms with Crippen molar-refractivity contribution < 1.29 is 4.92 Å². The second-order valence-electron chi connectivity index (χ2n) is 5.23. The van der Waals surface area contributed by atoms with Crippen molar-refractivity contribution in [1.82, 2.24) is 10.2 Å². The summed E-state index contributed by atoms with van der Waals surface area (Å²) in [6.45, 7) is 5.33. The second-order valence-corrected chi connectivity index (χ2v) is 6.04. The first-order valence-corrected chi connectivity index (χ1v) is 8.02. The molecule has 1 aromatic rings. The monoisotopic (exact) mass is 342 g/mol. The Morgan fingerprint density at radius 2 is 2.18 bits per heavy atom. The fraction of sp³-hybridized carbons (Fsp3) is 0.500. The lowest BCUT2D eigenvalue weighted by molar-refractivity contribution is -0.384. The van der Waals surface area contributed by atoms with Crippen molar-refractivity contribution in [2.45, 2.75) is 25.8 Å². The van der Waals surface area contributed by atoms with Crippen LogP contribution in [0.4, 0.5) is 11.4 Å². The number of hydrogen-bond donors (Lipinski definition) is 2. The van der Waals surface area contributed by atoms with Gasteiger partial charge in [-0.2, -0.15) is 0 Å². The fourth-order valence-electron chi connectivity index (χ4n) is 2.46. The number of benzene rings is 1. The van der Waals surface area contributed by atoms with E-state index in [2.05, 4.69) is 22.5 Å². The highest BCUT2D eigenvalue weighted by atomic mass is 35.5. The maximum absolute atomic E-state index is 10.8. The van der Waals surface area contributed by atoms with E-state index in [1.807, 2.05) is 0 Å². The Morgan fingerprint density at radius 3 is 2.77 bits per heavy atom. The Morgan fingerprint density at radius 1 is 1.50 bits per heavy atom. The number of nitrogens with zero attached hydrogens (tertiary/aromatic N) is 2. The van der Waals surface area contributed by atoms with Crippen LogP contribution in [-0.4, -0.2) is 40.6 Å². The van der Waals surface area contributed by atoms with Crippen molar-refractivity contribution in [2.24, 2.45) is 0 Å². The average Bonchev–Trinajstić information content (AvgIpc) is 2.50. The molecule has 0 aliphatic carbocycles. The van der Waals surface area contributed by atoms with Gasteiger partial charge in [-0.15, -0.1) is 0 Å². The molecule has 2 rings (SSSR count). The van der Waals surface area contributed by atoms with Gasteiger partial charge >= 0.3 is 0 Å². The number of non-ortho nitro benzene ring substituents is 1. The molecular weight excluding hydrogens is 324 g/mol. The van der Waals surface area contributed by atoms with Gasteiger partial charge < -0.3 is 15.5 Å². The van der Waals surface area contributed by atoms with Gasteiger partial charge in [0.05, 0.1) is 15.6 Å². The molecule has 8 heteroatoms.